The van der Waals surface area contributed by atoms with Gasteiger partial charge < -0.3 is 15.0 Å². The van der Waals surface area contributed by atoms with Crippen LogP contribution in [0.25, 0.3) is 5.65 Å². The SMILES string of the molecule is O=C(NCc1cn2ccc(Cl)cc2n1)Nc1cccc(Cl)c1. The fourth-order valence-electron chi connectivity index (χ4n) is 2.01. The van der Waals surface area contributed by atoms with Crippen LogP contribution in [0.5, 0.6) is 0 Å². The van der Waals surface area contributed by atoms with Gasteiger partial charge in [-0.3, -0.25) is 0 Å². The number of benzene rings is 1. The second kappa shape index (κ2) is 6.25. The summed E-state index contributed by atoms with van der Waals surface area (Å²) in [4.78, 5) is 16.2. The highest BCUT2D eigenvalue weighted by molar-refractivity contribution is 6.31. The van der Waals surface area contributed by atoms with Gasteiger partial charge in [0.25, 0.3) is 0 Å². The molecule has 22 heavy (non-hydrogen) atoms. The lowest BCUT2D eigenvalue weighted by Crippen LogP contribution is -2.28. The summed E-state index contributed by atoms with van der Waals surface area (Å²) in [7, 11) is 0. The average molecular weight is 335 g/mol. The average Bonchev–Trinajstić information content (AvgIpc) is 2.87. The Labute approximate surface area is 136 Å². The van der Waals surface area contributed by atoms with Gasteiger partial charge in [0.15, 0.2) is 0 Å². The molecule has 112 valence electrons. The number of hydrogen-bond donors (Lipinski definition) is 2. The topological polar surface area (TPSA) is 58.4 Å². The van der Waals surface area contributed by atoms with E-state index in [1.165, 1.54) is 0 Å². The van der Waals surface area contributed by atoms with Crippen molar-refractivity contribution in [3.63, 3.8) is 0 Å². The lowest BCUT2D eigenvalue weighted by Gasteiger charge is -2.06. The molecule has 0 aliphatic heterocycles. The van der Waals surface area contributed by atoms with E-state index in [0.717, 1.165) is 11.3 Å². The van der Waals surface area contributed by atoms with Gasteiger partial charge in [-0.05, 0) is 30.3 Å². The van der Waals surface area contributed by atoms with Crippen molar-refractivity contribution in [3.05, 3.63) is 64.5 Å². The van der Waals surface area contributed by atoms with Gasteiger partial charge in [0.2, 0.25) is 0 Å². The van der Waals surface area contributed by atoms with Gasteiger partial charge in [0.05, 0.1) is 12.2 Å². The predicted octanol–water partition coefficient (Wildman–Crippen LogP) is 3.96. The number of pyridine rings is 1. The van der Waals surface area contributed by atoms with Gasteiger partial charge in [-0.15, -0.1) is 0 Å². The molecule has 3 aromatic rings. The van der Waals surface area contributed by atoms with Crippen LogP contribution in [0.3, 0.4) is 0 Å². The minimum atomic E-state index is -0.322. The maximum atomic E-state index is 11.8. The Morgan fingerprint density at radius 3 is 2.82 bits per heavy atom. The van der Waals surface area contributed by atoms with E-state index < -0.39 is 0 Å². The second-order valence-corrected chi connectivity index (χ2v) is 5.53. The lowest BCUT2D eigenvalue weighted by atomic mass is 10.3. The number of halogens is 2. The molecule has 0 fully saturated rings. The monoisotopic (exact) mass is 334 g/mol. The van der Waals surface area contributed by atoms with Crippen LogP contribution in [0.1, 0.15) is 5.69 Å². The number of rotatable bonds is 3. The summed E-state index contributed by atoms with van der Waals surface area (Å²) in [6, 6.07) is 10.2. The van der Waals surface area contributed by atoms with Crippen LogP contribution in [-0.2, 0) is 6.54 Å². The minimum Gasteiger partial charge on any atom is -0.332 e. The van der Waals surface area contributed by atoms with E-state index in [9.17, 15) is 4.79 Å². The molecule has 1 aromatic carbocycles. The zero-order valence-corrected chi connectivity index (χ0v) is 12.9. The predicted molar refractivity (Wildman–Crippen MR) is 87.5 cm³/mol. The number of aromatic nitrogens is 2. The Kier molecular flexibility index (Phi) is 4.18. The first kappa shape index (κ1) is 14.7. The van der Waals surface area contributed by atoms with E-state index in [1.807, 2.05) is 16.8 Å². The molecule has 2 aromatic heterocycles. The van der Waals surface area contributed by atoms with Crippen molar-refractivity contribution in [1.29, 1.82) is 0 Å². The van der Waals surface area contributed by atoms with Crippen molar-refractivity contribution in [2.45, 2.75) is 6.54 Å². The molecule has 0 aliphatic carbocycles. The summed E-state index contributed by atoms with van der Waals surface area (Å²) >= 11 is 11.8. The highest BCUT2D eigenvalue weighted by Gasteiger charge is 2.05. The maximum absolute atomic E-state index is 11.8. The first-order chi connectivity index (χ1) is 10.6. The molecule has 2 N–H and O–H groups in total. The molecule has 5 nitrogen and oxygen atoms in total. The van der Waals surface area contributed by atoms with Crippen LogP contribution < -0.4 is 10.6 Å². The van der Waals surface area contributed by atoms with Crippen LogP contribution in [0.15, 0.2) is 48.8 Å². The number of anilines is 1. The fourth-order valence-corrected chi connectivity index (χ4v) is 2.35. The number of imidazole rings is 1. The maximum Gasteiger partial charge on any atom is 0.319 e. The Morgan fingerprint density at radius 1 is 1.18 bits per heavy atom. The van der Waals surface area contributed by atoms with Gasteiger partial charge in [-0.1, -0.05) is 29.3 Å². The van der Waals surface area contributed by atoms with Crippen LogP contribution in [0.2, 0.25) is 10.0 Å². The highest BCUT2D eigenvalue weighted by Crippen LogP contribution is 2.15. The molecule has 0 aliphatic rings. The van der Waals surface area contributed by atoms with Crippen molar-refractivity contribution in [2.24, 2.45) is 0 Å². The zero-order chi connectivity index (χ0) is 15.5. The van der Waals surface area contributed by atoms with Crippen molar-refractivity contribution in [1.82, 2.24) is 14.7 Å². The Morgan fingerprint density at radius 2 is 2.00 bits per heavy atom. The van der Waals surface area contributed by atoms with Crippen LogP contribution in [0, 0.1) is 0 Å². The van der Waals surface area contributed by atoms with Gasteiger partial charge in [0, 0.05) is 28.1 Å². The number of hydrogen-bond acceptors (Lipinski definition) is 2. The van der Waals surface area contributed by atoms with E-state index in [1.54, 1.807) is 36.4 Å². The molecule has 0 atom stereocenters. The van der Waals surface area contributed by atoms with E-state index in [0.29, 0.717) is 22.3 Å². The number of amides is 2. The van der Waals surface area contributed by atoms with Crippen LogP contribution in [0.4, 0.5) is 10.5 Å². The third kappa shape index (κ3) is 3.50. The first-order valence-corrected chi connectivity index (χ1v) is 7.29. The van der Waals surface area contributed by atoms with E-state index in [4.69, 9.17) is 23.2 Å². The number of carbonyl (C=O) groups is 1. The van der Waals surface area contributed by atoms with Crippen LogP contribution in [-0.4, -0.2) is 15.4 Å². The zero-order valence-electron chi connectivity index (χ0n) is 11.4. The summed E-state index contributed by atoms with van der Waals surface area (Å²) in [5, 5.41) is 6.63. The Bertz CT molecular complexity index is 831. The van der Waals surface area contributed by atoms with Crippen molar-refractivity contribution >= 4 is 40.6 Å². The first-order valence-electron chi connectivity index (χ1n) is 6.54. The lowest BCUT2D eigenvalue weighted by molar-refractivity contribution is 0.251. The molecule has 2 amide bonds. The standard InChI is InChI=1S/C15H12Cl2N4O/c16-10-2-1-3-12(6-10)20-15(22)18-8-13-9-21-5-4-11(17)7-14(21)19-13/h1-7,9H,8H2,(H2,18,20,22). The molecule has 0 spiro atoms. The van der Waals surface area contributed by atoms with Crippen LogP contribution >= 0.6 is 23.2 Å². The summed E-state index contributed by atoms with van der Waals surface area (Å²) in [5.74, 6) is 0. The summed E-state index contributed by atoms with van der Waals surface area (Å²) < 4.78 is 1.85. The van der Waals surface area contributed by atoms with Gasteiger partial charge in [-0.2, -0.15) is 0 Å². The third-order valence-electron chi connectivity index (χ3n) is 2.98. The number of fused-ring (bicyclic) bond motifs is 1. The molecule has 0 unspecified atom stereocenters. The minimum absolute atomic E-state index is 0.311. The molecule has 0 bridgehead atoms. The second-order valence-electron chi connectivity index (χ2n) is 4.66. The van der Waals surface area contributed by atoms with Crippen molar-refractivity contribution < 1.29 is 4.79 Å². The number of nitrogens with zero attached hydrogens (tertiary/aromatic N) is 2. The molecule has 2 heterocycles. The van der Waals surface area contributed by atoms with Gasteiger partial charge >= 0.3 is 6.03 Å². The Balaban J connectivity index is 1.62. The van der Waals surface area contributed by atoms with E-state index in [-0.39, 0.29) is 6.03 Å². The molecular formula is C15H12Cl2N4O. The smallest absolute Gasteiger partial charge is 0.319 e. The van der Waals surface area contributed by atoms with Crippen molar-refractivity contribution in [2.75, 3.05) is 5.32 Å². The van der Waals surface area contributed by atoms with E-state index in [2.05, 4.69) is 15.6 Å². The number of carbonyl (C=O) groups excluding carboxylic acids is 1. The number of urea groups is 1. The molecule has 0 saturated heterocycles. The summed E-state index contributed by atoms with van der Waals surface area (Å²) in [6.45, 7) is 0.311. The molecule has 0 radical (unpaired) electrons. The molecule has 7 heteroatoms. The third-order valence-corrected chi connectivity index (χ3v) is 3.45. The summed E-state index contributed by atoms with van der Waals surface area (Å²) in [5.41, 5.74) is 2.11. The van der Waals surface area contributed by atoms with Gasteiger partial charge in [-0.25, -0.2) is 9.78 Å². The quantitative estimate of drug-likeness (QED) is 0.761. The summed E-state index contributed by atoms with van der Waals surface area (Å²) in [6.07, 6.45) is 3.66. The van der Waals surface area contributed by atoms with Crippen molar-refractivity contribution in [3.8, 4) is 0 Å². The normalized spacial score (nSPS) is 10.6. The fraction of sp³-hybridized carbons (Fsp3) is 0.0667. The largest absolute Gasteiger partial charge is 0.332 e. The molecule has 3 rings (SSSR count). The van der Waals surface area contributed by atoms with E-state index >= 15 is 0 Å². The number of nitrogens with one attached hydrogen (secondary N) is 2. The molecule has 0 saturated carbocycles. The Hall–Kier alpha value is -2.24. The van der Waals surface area contributed by atoms with Gasteiger partial charge in [0.1, 0.15) is 5.65 Å². The highest BCUT2D eigenvalue weighted by atomic mass is 35.5. The molecular weight excluding hydrogens is 323 g/mol.